The molecule has 0 spiro atoms. The van der Waals surface area contributed by atoms with Crippen molar-refractivity contribution in [3.8, 4) is 0 Å². The van der Waals surface area contributed by atoms with E-state index >= 15 is 0 Å². The first-order valence-corrected chi connectivity index (χ1v) is 9.68. The molecule has 2 rings (SSSR count). The SMILES string of the molecule is CC(C)(C)[Si](C)(C)OCC1C2CC2CN1C(=O)O. The fraction of sp³-hybridized carbons (Fsp3) is 0.923. The maximum absolute atomic E-state index is 11.2. The van der Waals surface area contributed by atoms with Gasteiger partial charge in [-0.15, -0.1) is 0 Å². The lowest BCUT2D eigenvalue weighted by atomic mass is 10.2. The molecule has 18 heavy (non-hydrogen) atoms. The molecule has 3 atom stereocenters. The summed E-state index contributed by atoms with van der Waals surface area (Å²) in [6, 6.07) is 0.0987. The lowest BCUT2D eigenvalue weighted by Crippen LogP contribution is -2.47. The summed E-state index contributed by atoms with van der Waals surface area (Å²) in [6.07, 6.45) is 0.404. The molecule has 1 saturated heterocycles. The van der Waals surface area contributed by atoms with Crippen molar-refractivity contribution in [1.29, 1.82) is 0 Å². The summed E-state index contributed by atoms with van der Waals surface area (Å²) in [5.74, 6) is 1.17. The summed E-state index contributed by atoms with van der Waals surface area (Å²) < 4.78 is 6.19. The van der Waals surface area contributed by atoms with E-state index in [4.69, 9.17) is 4.43 Å². The third kappa shape index (κ3) is 2.43. The molecule has 2 fully saturated rings. The lowest BCUT2D eigenvalue weighted by molar-refractivity contribution is 0.109. The first-order valence-electron chi connectivity index (χ1n) is 6.77. The van der Waals surface area contributed by atoms with E-state index in [1.807, 2.05) is 0 Å². The molecule has 1 heterocycles. The lowest BCUT2D eigenvalue weighted by Gasteiger charge is -2.38. The van der Waals surface area contributed by atoms with Crippen LogP contribution in [0.15, 0.2) is 0 Å². The Labute approximate surface area is 110 Å². The predicted molar refractivity (Wildman–Crippen MR) is 73.3 cm³/mol. The Bertz CT molecular complexity index is 351. The van der Waals surface area contributed by atoms with Crippen LogP contribution in [0.25, 0.3) is 0 Å². The molecule has 5 heteroatoms. The van der Waals surface area contributed by atoms with Crippen LogP contribution in [0, 0.1) is 11.8 Å². The molecule has 1 aliphatic carbocycles. The van der Waals surface area contributed by atoms with Crippen molar-refractivity contribution in [1.82, 2.24) is 4.90 Å². The van der Waals surface area contributed by atoms with Crippen molar-refractivity contribution in [2.75, 3.05) is 13.2 Å². The number of carbonyl (C=O) groups is 1. The largest absolute Gasteiger partial charge is 0.465 e. The van der Waals surface area contributed by atoms with Crippen LogP contribution in [0.5, 0.6) is 0 Å². The highest BCUT2D eigenvalue weighted by atomic mass is 28.4. The minimum Gasteiger partial charge on any atom is -0.465 e. The number of hydrogen-bond acceptors (Lipinski definition) is 2. The molecule has 0 bridgehead atoms. The first kappa shape index (κ1) is 13.9. The topological polar surface area (TPSA) is 49.8 Å². The molecular weight excluding hydrogens is 246 g/mol. The van der Waals surface area contributed by atoms with Crippen LogP contribution in [0.2, 0.25) is 18.1 Å². The van der Waals surface area contributed by atoms with Crippen molar-refractivity contribution >= 4 is 14.4 Å². The Balaban J connectivity index is 1.95. The van der Waals surface area contributed by atoms with E-state index in [2.05, 4.69) is 33.9 Å². The van der Waals surface area contributed by atoms with Gasteiger partial charge in [0.1, 0.15) is 0 Å². The predicted octanol–water partition coefficient (Wildman–Crippen LogP) is 3.01. The van der Waals surface area contributed by atoms with Gasteiger partial charge < -0.3 is 14.4 Å². The zero-order valence-electron chi connectivity index (χ0n) is 12.1. The van der Waals surface area contributed by atoms with Crippen LogP contribution >= 0.6 is 0 Å². The third-order valence-electron chi connectivity index (χ3n) is 4.97. The Morgan fingerprint density at radius 2 is 2.06 bits per heavy atom. The summed E-state index contributed by atoms with van der Waals surface area (Å²) in [6.45, 7) is 12.4. The Morgan fingerprint density at radius 3 is 2.56 bits per heavy atom. The van der Waals surface area contributed by atoms with Gasteiger partial charge in [0.2, 0.25) is 0 Å². The highest BCUT2D eigenvalue weighted by Crippen LogP contribution is 2.50. The summed E-state index contributed by atoms with van der Waals surface area (Å²) in [4.78, 5) is 12.8. The summed E-state index contributed by atoms with van der Waals surface area (Å²) in [5, 5.41) is 9.38. The number of likely N-dealkylation sites (tertiary alicyclic amines) is 1. The van der Waals surface area contributed by atoms with Gasteiger partial charge in [-0.2, -0.15) is 0 Å². The Hall–Kier alpha value is -0.553. The standard InChI is InChI=1S/C13H25NO3Si/c1-13(2,3)18(4,5)17-8-11-10-6-9(10)7-14(11)12(15)16/h9-11H,6-8H2,1-5H3,(H,15,16). The number of hydrogen-bond donors (Lipinski definition) is 1. The second-order valence-corrected chi connectivity index (χ2v) is 12.0. The second-order valence-electron chi connectivity index (χ2n) is 7.23. The highest BCUT2D eigenvalue weighted by molar-refractivity contribution is 6.74. The minimum atomic E-state index is -1.77. The fourth-order valence-electron chi connectivity index (χ4n) is 2.52. The van der Waals surface area contributed by atoms with Crippen LogP contribution in [0.4, 0.5) is 4.79 Å². The van der Waals surface area contributed by atoms with E-state index in [1.165, 1.54) is 6.42 Å². The van der Waals surface area contributed by atoms with Gasteiger partial charge in [0.15, 0.2) is 8.32 Å². The molecule has 0 aromatic rings. The van der Waals surface area contributed by atoms with E-state index in [0.29, 0.717) is 25.0 Å². The van der Waals surface area contributed by atoms with E-state index in [-0.39, 0.29) is 11.1 Å². The molecular formula is C13H25NO3Si. The van der Waals surface area contributed by atoms with E-state index in [9.17, 15) is 9.90 Å². The maximum atomic E-state index is 11.2. The molecule has 0 aromatic heterocycles. The summed E-state index contributed by atoms with van der Waals surface area (Å²) >= 11 is 0. The molecule has 0 aromatic carbocycles. The number of carboxylic acid groups (broad SMARTS) is 1. The zero-order valence-corrected chi connectivity index (χ0v) is 13.1. The van der Waals surface area contributed by atoms with Crippen molar-refractivity contribution < 1.29 is 14.3 Å². The minimum absolute atomic E-state index is 0.0987. The van der Waals surface area contributed by atoms with Gasteiger partial charge in [0.25, 0.3) is 0 Å². The van der Waals surface area contributed by atoms with Crippen LogP contribution in [0.1, 0.15) is 27.2 Å². The number of piperidine rings is 1. The monoisotopic (exact) mass is 271 g/mol. The molecule has 4 nitrogen and oxygen atoms in total. The second kappa shape index (κ2) is 4.23. The van der Waals surface area contributed by atoms with Crippen molar-refractivity contribution in [2.24, 2.45) is 11.8 Å². The van der Waals surface area contributed by atoms with Crippen LogP contribution in [-0.4, -0.2) is 43.6 Å². The van der Waals surface area contributed by atoms with Gasteiger partial charge in [0, 0.05) is 6.54 Å². The number of rotatable bonds is 3. The van der Waals surface area contributed by atoms with Crippen LogP contribution < -0.4 is 0 Å². The average Bonchev–Trinajstić information content (AvgIpc) is 2.87. The van der Waals surface area contributed by atoms with Gasteiger partial charge in [-0.3, -0.25) is 0 Å². The van der Waals surface area contributed by atoms with E-state index in [0.717, 1.165) is 0 Å². The van der Waals surface area contributed by atoms with E-state index < -0.39 is 14.4 Å². The Morgan fingerprint density at radius 1 is 1.44 bits per heavy atom. The smallest absolute Gasteiger partial charge is 0.407 e. The van der Waals surface area contributed by atoms with Gasteiger partial charge >= 0.3 is 6.09 Å². The Kier molecular flexibility index (Phi) is 3.26. The third-order valence-corrected chi connectivity index (χ3v) is 9.47. The van der Waals surface area contributed by atoms with Gasteiger partial charge in [0.05, 0.1) is 12.6 Å². The van der Waals surface area contributed by atoms with Crippen molar-refractivity contribution in [3.05, 3.63) is 0 Å². The fourth-order valence-corrected chi connectivity index (χ4v) is 3.54. The van der Waals surface area contributed by atoms with Gasteiger partial charge in [-0.25, -0.2) is 4.79 Å². The van der Waals surface area contributed by atoms with Gasteiger partial charge in [-0.05, 0) is 36.4 Å². The molecule has 104 valence electrons. The number of fused-ring (bicyclic) bond motifs is 1. The molecule has 1 saturated carbocycles. The number of nitrogens with zero attached hydrogens (tertiary/aromatic N) is 1. The molecule has 1 N–H and O–H groups in total. The van der Waals surface area contributed by atoms with Crippen LogP contribution in [0.3, 0.4) is 0 Å². The molecule has 3 unspecified atom stereocenters. The first-order chi connectivity index (χ1) is 8.13. The summed E-state index contributed by atoms with van der Waals surface area (Å²) in [5.41, 5.74) is 0. The van der Waals surface area contributed by atoms with Gasteiger partial charge in [-0.1, -0.05) is 20.8 Å². The van der Waals surface area contributed by atoms with Crippen molar-refractivity contribution in [3.63, 3.8) is 0 Å². The highest BCUT2D eigenvalue weighted by Gasteiger charge is 2.54. The molecule has 0 radical (unpaired) electrons. The molecule has 2 aliphatic rings. The van der Waals surface area contributed by atoms with Crippen LogP contribution in [-0.2, 0) is 4.43 Å². The quantitative estimate of drug-likeness (QED) is 0.803. The zero-order chi connectivity index (χ0) is 13.7. The molecule has 1 aliphatic heterocycles. The molecule has 1 amide bonds. The normalized spacial score (nSPS) is 31.4. The van der Waals surface area contributed by atoms with Crippen molar-refractivity contribution in [2.45, 2.75) is 51.4 Å². The van der Waals surface area contributed by atoms with E-state index in [1.54, 1.807) is 4.90 Å². The number of amides is 1. The maximum Gasteiger partial charge on any atom is 0.407 e. The average molecular weight is 271 g/mol. The summed E-state index contributed by atoms with van der Waals surface area (Å²) in [7, 11) is -1.77.